The molecular weight excluding hydrogens is 613 g/mol. The first-order valence-corrected chi connectivity index (χ1v) is 18.0. The molecule has 1 N–H and O–H groups in total. The molecule has 0 saturated carbocycles. The lowest BCUT2D eigenvalue weighted by atomic mass is 10.1. The normalized spacial score (nSPS) is 11.8. The predicted molar refractivity (Wildman–Crippen MR) is 173 cm³/mol. The largest absolute Gasteiger partial charge is 0.508 e. The lowest BCUT2D eigenvalue weighted by molar-refractivity contribution is 0.271. The van der Waals surface area contributed by atoms with Crippen LogP contribution in [-0.2, 0) is 19.7 Å². The molecule has 0 spiro atoms. The van der Waals surface area contributed by atoms with Crippen molar-refractivity contribution < 1.29 is 36.2 Å². The summed E-state index contributed by atoms with van der Waals surface area (Å²) in [5, 5.41) is 9.39. The van der Waals surface area contributed by atoms with Crippen LogP contribution in [0.15, 0.2) is 117 Å². The van der Waals surface area contributed by atoms with Crippen LogP contribution in [0, 0.1) is 5.92 Å². The summed E-state index contributed by atoms with van der Waals surface area (Å²) in [6, 6.07) is 24.8. The molecule has 0 amide bonds. The molecule has 8 nitrogen and oxygen atoms in total. The van der Waals surface area contributed by atoms with E-state index in [0.717, 1.165) is 32.1 Å². The third-order valence-electron chi connectivity index (χ3n) is 6.96. The van der Waals surface area contributed by atoms with Gasteiger partial charge in [0, 0.05) is 0 Å². The Hall–Kier alpha value is -4.02. The molecule has 0 bridgehead atoms. The minimum Gasteiger partial charge on any atom is -0.508 e. The van der Waals surface area contributed by atoms with Gasteiger partial charge in [-0.2, -0.15) is 0 Å². The van der Waals surface area contributed by atoms with Gasteiger partial charge in [0.1, 0.15) is 23.0 Å². The second-order valence-corrected chi connectivity index (χ2v) is 15.0. The summed E-state index contributed by atoms with van der Waals surface area (Å²) in [4.78, 5) is 0.711. The Kier molecular flexibility index (Phi) is 11.9. The van der Waals surface area contributed by atoms with Crippen molar-refractivity contribution in [1.29, 1.82) is 0 Å². The van der Waals surface area contributed by atoms with E-state index < -0.39 is 19.7 Å². The van der Waals surface area contributed by atoms with Crippen molar-refractivity contribution >= 4 is 19.7 Å². The van der Waals surface area contributed by atoms with E-state index in [-0.39, 0.29) is 25.3 Å². The standard InChI is InChI=1S/C35H40O8S2/c1-27(2)26-43-31-14-22-35(23-15-31)45(39,40)34-20-12-30(13-21-34)42-25-7-5-3-4-6-24-41-29-10-18-33(19-11-29)44(37,38)32-16-8-28(36)9-17-32/h8-23,27,36H,3-7,24-26H2,1-2H3. The molecule has 0 aliphatic heterocycles. The average Bonchev–Trinajstić information content (AvgIpc) is 3.04. The average molecular weight is 653 g/mol. The zero-order valence-corrected chi connectivity index (χ0v) is 27.2. The lowest BCUT2D eigenvalue weighted by Crippen LogP contribution is -2.05. The lowest BCUT2D eigenvalue weighted by Gasteiger charge is -2.10. The van der Waals surface area contributed by atoms with Crippen molar-refractivity contribution in [3.05, 3.63) is 97.1 Å². The van der Waals surface area contributed by atoms with Gasteiger partial charge in [0.05, 0.1) is 39.4 Å². The van der Waals surface area contributed by atoms with Crippen LogP contribution in [0.25, 0.3) is 0 Å². The number of sulfone groups is 2. The highest BCUT2D eigenvalue weighted by molar-refractivity contribution is 7.91. The number of hydrogen-bond donors (Lipinski definition) is 1. The fraction of sp³-hybridized carbons (Fsp3) is 0.314. The molecule has 4 aromatic rings. The van der Waals surface area contributed by atoms with Gasteiger partial charge in [0.25, 0.3) is 0 Å². The Bertz CT molecular complexity index is 1700. The number of unbranched alkanes of at least 4 members (excludes halogenated alkanes) is 4. The minimum atomic E-state index is -3.66. The third-order valence-corrected chi connectivity index (χ3v) is 10.5. The van der Waals surface area contributed by atoms with E-state index >= 15 is 0 Å². The smallest absolute Gasteiger partial charge is 0.206 e. The summed E-state index contributed by atoms with van der Waals surface area (Å²) in [7, 11) is -7.29. The van der Waals surface area contributed by atoms with Gasteiger partial charge in [0.15, 0.2) is 0 Å². The monoisotopic (exact) mass is 652 g/mol. The molecule has 4 rings (SSSR count). The van der Waals surface area contributed by atoms with Crippen LogP contribution in [0.1, 0.15) is 46.0 Å². The van der Waals surface area contributed by atoms with E-state index in [0.29, 0.717) is 43.0 Å². The number of aromatic hydroxyl groups is 1. The molecule has 4 aromatic carbocycles. The summed E-state index contributed by atoms with van der Waals surface area (Å²) in [5.41, 5.74) is 0. The van der Waals surface area contributed by atoms with Crippen LogP contribution < -0.4 is 14.2 Å². The van der Waals surface area contributed by atoms with Crippen molar-refractivity contribution in [3.8, 4) is 23.0 Å². The third kappa shape index (κ3) is 9.73. The van der Waals surface area contributed by atoms with Crippen molar-refractivity contribution in [2.45, 2.75) is 65.5 Å². The van der Waals surface area contributed by atoms with Crippen LogP contribution in [0.3, 0.4) is 0 Å². The Morgan fingerprint density at radius 2 is 0.800 bits per heavy atom. The molecular formula is C35H40O8S2. The number of phenols is 1. The van der Waals surface area contributed by atoms with E-state index in [1.54, 1.807) is 60.7 Å². The molecule has 0 aliphatic rings. The van der Waals surface area contributed by atoms with E-state index in [2.05, 4.69) is 13.8 Å². The van der Waals surface area contributed by atoms with Gasteiger partial charge in [-0.15, -0.1) is 0 Å². The zero-order chi connectivity index (χ0) is 32.3. The Balaban J connectivity index is 1.10. The van der Waals surface area contributed by atoms with Gasteiger partial charge in [-0.3, -0.25) is 0 Å². The first-order valence-electron chi connectivity index (χ1n) is 15.0. The van der Waals surface area contributed by atoms with Crippen LogP contribution in [-0.4, -0.2) is 41.8 Å². The summed E-state index contributed by atoms with van der Waals surface area (Å²) in [5.74, 6) is 2.27. The second kappa shape index (κ2) is 15.8. The molecule has 0 aromatic heterocycles. The molecule has 45 heavy (non-hydrogen) atoms. The molecule has 0 aliphatic carbocycles. The van der Waals surface area contributed by atoms with E-state index in [1.165, 1.54) is 36.4 Å². The number of ether oxygens (including phenoxy) is 3. The summed E-state index contributed by atoms with van der Waals surface area (Å²) < 4.78 is 68.7. The first-order chi connectivity index (χ1) is 21.6. The molecule has 240 valence electrons. The molecule has 0 heterocycles. The molecule has 0 radical (unpaired) electrons. The number of rotatable bonds is 17. The van der Waals surface area contributed by atoms with Crippen molar-refractivity contribution in [2.24, 2.45) is 5.92 Å². The number of hydrogen-bond acceptors (Lipinski definition) is 8. The van der Waals surface area contributed by atoms with Gasteiger partial charge < -0.3 is 19.3 Å². The molecule has 0 fully saturated rings. The maximum atomic E-state index is 13.0. The first kappa shape index (κ1) is 33.9. The van der Waals surface area contributed by atoms with Gasteiger partial charge in [0.2, 0.25) is 19.7 Å². The van der Waals surface area contributed by atoms with Crippen molar-refractivity contribution in [3.63, 3.8) is 0 Å². The predicted octanol–water partition coefficient (Wildman–Crippen LogP) is 7.50. The highest BCUT2D eigenvalue weighted by atomic mass is 32.2. The Labute approximate surface area is 266 Å². The van der Waals surface area contributed by atoms with Crippen LogP contribution >= 0.6 is 0 Å². The fourth-order valence-electron chi connectivity index (χ4n) is 4.42. The molecule has 0 atom stereocenters. The van der Waals surface area contributed by atoms with Gasteiger partial charge in [-0.25, -0.2) is 16.8 Å². The topological polar surface area (TPSA) is 116 Å². The van der Waals surface area contributed by atoms with Crippen LogP contribution in [0.4, 0.5) is 0 Å². The van der Waals surface area contributed by atoms with Crippen molar-refractivity contribution in [2.75, 3.05) is 19.8 Å². The Morgan fingerprint density at radius 3 is 1.16 bits per heavy atom. The second-order valence-electron chi connectivity index (χ2n) is 11.1. The zero-order valence-electron chi connectivity index (χ0n) is 25.6. The maximum absolute atomic E-state index is 13.0. The Morgan fingerprint density at radius 1 is 0.489 bits per heavy atom. The van der Waals surface area contributed by atoms with Gasteiger partial charge in [-0.1, -0.05) is 33.1 Å². The highest BCUT2D eigenvalue weighted by Crippen LogP contribution is 2.26. The van der Waals surface area contributed by atoms with E-state index in [4.69, 9.17) is 14.2 Å². The van der Waals surface area contributed by atoms with E-state index in [1.807, 2.05) is 0 Å². The molecule has 10 heteroatoms. The van der Waals surface area contributed by atoms with Crippen LogP contribution in [0.5, 0.6) is 23.0 Å². The van der Waals surface area contributed by atoms with Gasteiger partial charge >= 0.3 is 0 Å². The van der Waals surface area contributed by atoms with Crippen molar-refractivity contribution in [1.82, 2.24) is 0 Å². The maximum Gasteiger partial charge on any atom is 0.206 e. The molecule has 0 unspecified atom stereocenters. The summed E-state index contributed by atoms with van der Waals surface area (Å²) in [6.45, 7) is 5.75. The molecule has 0 saturated heterocycles. The van der Waals surface area contributed by atoms with E-state index in [9.17, 15) is 21.9 Å². The fourth-order valence-corrected chi connectivity index (χ4v) is 6.94. The number of phenolic OH excluding ortho intramolecular Hbond substituents is 1. The highest BCUT2D eigenvalue weighted by Gasteiger charge is 2.19. The number of benzene rings is 4. The summed E-state index contributed by atoms with van der Waals surface area (Å²) in [6.07, 6.45) is 4.76. The summed E-state index contributed by atoms with van der Waals surface area (Å²) >= 11 is 0. The van der Waals surface area contributed by atoms with Crippen LogP contribution in [0.2, 0.25) is 0 Å². The quantitative estimate of drug-likeness (QED) is 0.117. The SMILES string of the molecule is CC(C)COc1ccc(S(=O)(=O)c2ccc(OCCCCCCCOc3ccc(S(=O)(=O)c4ccc(O)cc4)cc3)cc2)cc1. The van der Waals surface area contributed by atoms with Gasteiger partial charge in [-0.05, 0) is 116 Å². The minimum absolute atomic E-state index is 0.00983.